The summed E-state index contributed by atoms with van der Waals surface area (Å²) in [6.45, 7) is 2.43. The van der Waals surface area contributed by atoms with Gasteiger partial charge in [0.25, 0.3) is 10.2 Å². The van der Waals surface area contributed by atoms with E-state index in [9.17, 15) is 13.2 Å². The van der Waals surface area contributed by atoms with Crippen molar-refractivity contribution in [2.24, 2.45) is 0 Å². The van der Waals surface area contributed by atoms with Crippen LogP contribution in [-0.4, -0.2) is 42.9 Å². The summed E-state index contributed by atoms with van der Waals surface area (Å²) in [5, 5.41) is 8.74. The fraction of sp³-hybridized carbons (Fsp3) is 0.889. The van der Waals surface area contributed by atoms with Gasteiger partial charge in [0.1, 0.15) is 0 Å². The second kappa shape index (κ2) is 5.60. The highest BCUT2D eigenvalue weighted by Gasteiger charge is 2.32. The summed E-state index contributed by atoms with van der Waals surface area (Å²) in [5.74, 6) is -0.955. The van der Waals surface area contributed by atoms with Crippen molar-refractivity contribution in [1.82, 2.24) is 9.03 Å². The summed E-state index contributed by atoms with van der Waals surface area (Å²) < 4.78 is 27.3. The van der Waals surface area contributed by atoms with Gasteiger partial charge in [0, 0.05) is 19.1 Å². The molecule has 0 aliphatic carbocycles. The molecule has 1 rings (SSSR count). The van der Waals surface area contributed by atoms with Crippen molar-refractivity contribution >= 4 is 16.2 Å². The SMILES string of the molecule is CCNS(=O)(=O)N1CCCCC1CC(=O)O. The molecule has 0 aromatic rings. The van der Waals surface area contributed by atoms with Gasteiger partial charge in [-0.2, -0.15) is 12.7 Å². The van der Waals surface area contributed by atoms with Crippen LogP contribution in [0.5, 0.6) is 0 Å². The summed E-state index contributed by atoms with van der Waals surface area (Å²) in [6.07, 6.45) is 2.18. The second-order valence-electron chi connectivity index (χ2n) is 3.86. The van der Waals surface area contributed by atoms with Crippen molar-refractivity contribution in [3.8, 4) is 0 Å². The van der Waals surface area contributed by atoms with E-state index in [0.717, 1.165) is 12.8 Å². The molecule has 94 valence electrons. The molecule has 1 fully saturated rings. The van der Waals surface area contributed by atoms with E-state index in [1.54, 1.807) is 6.92 Å². The third-order valence-electron chi connectivity index (χ3n) is 2.62. The lowest BCUT2D eigenvalue weighted by Gasteiger charge is -2.33. The van der Waals surface area contributed by atoms with Gasteiger partial charge < -0.3 is 5.11 Å². The molecule has 7 heteroatoms. The van der Waals surface area contributed by atoms with Crippen LogP contribution in [0.2, 0.25) is 0 Å². The maximum Gasteiger partial charge on any atom is 0.304 e. The Morgan fingerprint density at radius 3 is 2.75 bits per heavy atom. The van der Waals surface area contributed by atoms with Crippen LogP contribution in [0.25, 0.3) is 0 Å². The molecule has 0 amide bonds. The molecule has 0 bridgehead atoms. The van der Waals surface area contributed by atoms with Crippen molar-refractivity contribution in [3.05, 3.63) is 0 Å². The number of hydrogen-bond donors (Lipinski definition) is 2. The van der Waals surface area contributed by atoms with E-state index in [2.05, 4.69) is 4.72 Å². The lowest BCUT2D eigenvalue weighted by atomic mass is 10.0. The van der Waals surface area contributed by atoms with Gasteiger partial charge in [-0.1, -0.05) is 13.3 Å². The van der Waals surface area contributed by atoms with E-state index in [1.165, 1.54) is 4.31 Å². The molecule has 1 aliphatic heterocycles. The van der Waals surface area contributed by atoms with Crippen LogP contribution < -0.4 is 4.72 Å². The van der Waals surface area contributed by atoms with Crippen LogP contribution in [0.1, 0.15) is 32.6 Å². The Morgan fingerprint density at radius 2 is 2.19 bits per heavy atom. The maximum absolute atomic E-state index is 11.8. The van der Waals surface area contributed by atoms with E-state index in [0.29, 0.717) is 19.5 Å². The molecule has 2 N–H and O–H groups in total. The Balaban J connectivity index is 2.77. The highest BCUT2D eigenvalue weighted by atomic mass is 32.2. The molecule has 0 spiro atoms. The summed E-state index contributed by atoms with van der Waals surface area (Å²) in [7, 11) is -3.51. The number of carbonyl (C=O) groups is 1. The predicted molar refractivity (Wildman–Crippen MR) is 59.2 cm³/mol. The first-order valence-corrected chi connectivity index (χ1v) is 6.89. The van der Waals surface area contributed by atoms with E-state index in [4.69, 9.17) is 5.11 Å². The number of hydrogen-bond acceptors (Lipinski definition) is 3. The van der Waals surface area contributed by atoms with Crippen LogP contribution in [0.15, 0.2) is 0 Å². The molecule has 0 radical (unpaired) electrons. The van der Waals surface area contributed by atoms with E-state index in [1.807, 2.05) is 0 Å². The van der Waals surface area contributed by atoms with Crippen molar-refractivity contribution in [1.29, 1.82) is 0 Å². The van der Waals surface area contributed by atoms with E-state index >= 15 is 0 Å². The Kier molecular flexibility index (Phi) is 4.69. The van der Waals surface area contributed by atoms with Gasteiger partial charge >= 0.3 is 5.97 Å². The first-order chi connectivity index (χ1) is 7.47. The van der Waals surface area contributed by atoms with Crippen LogP contribution in [0, 0.1) is 0 Å². The molecular formula is C9H18N2O4S. The molecule has 1 heterocycles. The number of nitrogens with zero attached hydrogens (tertiary/aromatic N) is 1. The molecule has 0 saturated carbocycles. The number of piperidine rings is 1. The zero-order valence-electron chi connectivity index (χ0n) is 9.35. The molecule has 16 heavy (non-hydrogen) atoms. The topological polar surface area (TPSA) is 86.7 Å². The minimum Gasteiger partial charge on any atom is -0.481 e. The standard InChI is InChI=1S/C9H18N2O4S/c1-2-10-16(14,15)11-6-4-3-5-8(11)7-9(12)13/h8,10H,2-7H2,1H3,(H,12,13). The van der Waals surface area contributed by atoms with Gasteiger partial charge in [0.15, 0.2) is 0 Å². The van der Waals surface area contributed by atoms with Gasteiger partial charge in [0.2, 0.25) is 0 Å². The summed E-state index contributed by atoms with van der Waals surface area (Å²) in [5.41, 5.74) is 0. The van der Waals surface area contributed by atoms with Crippen LogP contribution in [0.4, 0.5) is 0 Å². The fourth-order valence-electron chi connectivity index (χ4n) is 1.96. The van der Waals surface area contributed by atoms with Gasteiger partial charge in [-0.25, -0.2) is 4.72 Å². The normalized spacial score (nSPS) is 23.2. The van der Waals surface area contributed by atoms with Gasteiger partial charge in [-0.3, -0.25) is 4.79 Å². The Morgan fingerprint density at radius 1 is 1.50 bits per heavy atom. The fourth-order valence-corrected chi connectivity index (χ4v) is 3.43. The number of nitrogens with one attached hydrogen (secondary N) is 1. The van der Waals surface area contributed by atoms with Crippen molar-refractivity contribution < 1.29 is 18.3 Å². The van der Waals surface area contributed by atoms with Gasteiger partial charge in [0.05, 0.1) is 6.42 Å². The summed E-state index contributed by atoms with van der Waals surface area (Å²) in [6, 6.07) is -0.407. The molecule has 1 aliphatic rings. The lowest BCUT2D eigenvalue weighted by molar-refractivity contribution is -0.138. The van der Waals surface area contributed by atoms with Crippen LogP contribution >= 0.6 is 0 Å². The smallest absolute Gasteiger partial charge is 0.304 e. The minimum atomic E-state index is -3.51. The average Bonchev–Trinajstić information content (AvgIpc) is 2.17. The largest absolute Gasteiger partial charge is 0.481 e. The molecule has 0 aromatic heterocycles. The molecular weight excluding hydrogens is 232 g/mol. The average molecular weight is 250 g/mol. The van der Waals surface area contributed by atoms with Crippen molar-refractivity contribution in [3.63, 3.8) is 0 Å². The first kappa shape index (κ1) is 13.4. The third kappa shape index (κ3) is 3.43. The quantitative estimate of drug-likeness (QED) is 0.728. The number of aliphatic carboxylic acids is 1. The van der Waals surface area contributed by atoms with Crippen molar-refractivity contribution in [2.75, 3.05) is 13.1 Å². The zero-order chi connectivity index (χ0) is 12.2. The number of rotatable bonds is 5. The molecule has 1 atom stereocenters. The highest BCUT2D eigenvalue weighted by Crippen LogP contribution is 2.22. The Labute approximate surface area is 95.8 Å². The molecule has 1 unspecified atom stereocenters. The van der Waals surface area contributed by atoms with Gasteiger partial charge in [-0.15, -0.1) is 0 Å². The lowest BCUT2D eigenvalue weighted by Crippen LogP contribution is -2.49. The Bertz CT molecular complexity index is 341. The second-order valence-corrected chi connectivity index (χ2v) is 5.57. The van der Waals surface area contributed by atoms with E-state index < -0.39 is 22.2 Å². The Hall–Kier alpha value is -0.660. The van der Waals surface area contributed by atoms with Crippen LogP contribution in [-0.2, 0) is 15.0 Å². The zero-order valence-corrected chi connectivity index (χ0v) is 10.2. The summed E-state index contributed by atoms with van der Waals surface area (Å²) in [4.78, 5) is 10.7. The number of carboxylic acids is 1. The van der Waals surface area contributed by atoms with Crippen molar-refractivity contribution in [2.45, 2.75) is 38.6 Å². The third-order valence-corrected chi connectivity index (χ3v) is 4.37. The monoisotopic (exact) mass is 250 g/mol. The molecule has 1 saturated heterocycles. The van der Waals surface area contributed by atoms with Crippen LogP contribution in [0.3, 0.4) is 0 Å². The first-order valence-electron chi connectivity index (χ1n) is 5.45. The highest BCUT2D eigenvalue weighted by molar-refractivity contribution is 7.87. The molecule has 0 aromatic carbocycles. The maximum atomic E-state index is 11.8. The van der Waals surface area contributed by atoms with E-state index in [-0.39, 0.29) is 6.42 Å². The minimum absolute atomic E-state index is 0.120. The summed E-state index contributed by atoms with van der Waals surface area (Å²) >= 11 is 0. The van der Waals surface area contributed by atoms with Gasteiger partial charge in [-0.05, 0) is 12.8 Å². The predicted octanol–water partition coefficient (Wildman–Crippen LogP) is 0.170. The number of carboxylic acid groups (broad SMARTS) is 1. The molecule has 6 nitrogen and oxygen atoms in total.